The van der Waals surface area contributed by atoms with E-state index in [0.717, 1.165) is 74.6 Å². The molecular weight excluding hydrogens is 422 g/mol. The van der Waals surface area contributed by atoms with E-state index in [1.54, 1.807) is 0 Å². The van der Waals surface area contributed by atoms with Crippen LogP contribution in [0.1, 0.15) is 49.8 Å². The molecule has 180 valence electrons. The maximum atomic E-state index is 13.1. The largest absolute Gasteiger partial charge is 0.331 e. The molecule has 3 heterocycles. The molecule has 1 aromatic carbocycles. The van der Waals surface area contributed by atoms with Crippen LogP contribution in [-0.4, -0.2) is 44.6 Å². The number of aryl methyl sites for hydroxylation is 2. The van der Waals surface area contributed by atoms with Crippen molar-refractivity contribution in [1.29, 1.82) is 0 Å². The van der Waals surface area contributed by atoms with E-state index in [2.05, 4.69) is 47.8 Å². The van der Waals surface area contributed by atoms with Crippen molar-refractivity contribution in [2.45, 2.75) is 46.0 Å². The van der Waals surface area contributed by atoms with Crippen LogP contribution in [0.5, 0.6) is 0 Å². The lowest BCUT2D eigenvalue weighted by Gasteiger charge is -2.32. The average Bonchev–Trinajstić information content (AvgIpc) is 3.47. The van der Waals surface area contributed by atoms with E-state index in [9.17, 15) is 4.79 Å². The van der Waals surface area contributed by atoms with Gasteiger partial charge in [-0.25, -0.2) is 4.98 Å². The van der Waals surface area contributed by atoms with Gasteiger partial charge in [-0.15, -0.1) is 0 Å². The van der Waals surface area contributed by atoms with E-state index in [1.165, 1.54) is 5.69 Å². The third-order valence-corrected chi connectivity index (χ3v) is 6.72. The van der Waals surface area contributed by atoms with Gasteiger partial charge in [0.1, 0.15) is 5.82 Å². The number of carbonyl (C=O) groups is 1. The number of nitrogens with zero attached hydrogens (tertiary/aromatic N) is 4. The molecule has 1 fully saturated rings. The molecule has 1 amide bonds. The Kier molecular flexibility index (Phi) is 8.01. The SMILES string of the molecule is CC/C=C\c1c(C)nc(CCCN2CCC[C@@H](C(=O)Nc3ccccc3-n3cccc3)C2)n1C. The van der Waals surface area contributed by atoms with Crippen LogP contribution in [0.25, 0.3) is 11.8 Å². The van der Waals surface area contributed by atoms with E-state index in [-0.39, 0.29) is 11.8 Å². The van der Waals surface area contributed by atoms with Crippen molar-refractivity contribution in [3.63, 3.8) is 0 Å². The van der Waals surface area contributed by atoms with E-state index in [1.807, 2.05) is 53.4 Å². The topological polar surface area (TPSA) is 55.1 Å². The number of anilines is 1. The molecule has 1 aliphatic rings. The second-order valence-corrected chi connectivity index (χ2v) is 9.21. The van der Waals surface area contributed by atoms with E-state index in [0.29, 0.717) is 0 Å². The standard InChI is InChI=1S/C28H37N5O/c1-4-5-14-25-22(2)29-27(31(25)3)16-11-18-32-17-10-12-23(21-32)28(34)30-24-13-6-7-15-26(24)33-19-8-9-20-33/h5-9,13-15,19-20,23H,4,10-12,16-18,21H2,1-3H3,(H,30,34)/b14-5-/t23-/m1/s1. The Bertz CT molecular complexity index is 1110. The second kappa shape index (κ2) is 11.3. The highest BCUT2D eigenvalue weighted by Crippen LogP contribution is 2.24. The molecule has 3 aromatic rings. The van der Waals surface area contributed by atoms with Crippen LogP contribution in [0, 0.1) is 12.8 Å². The van der Waals surface area contributed by atoms with E-state index < -0.39 is 0 Å². The Labute approximate surface area is 203 Å². The fourth-order valence-corrected chi connectivity index (χ4v) is 4.86. The summed E-state index contributed by atoms with van der Waals surface area (Å²) in [6.45, 7) is 7.11. The van der Waals surface area contributed by atoms with Gasteiger partial charge in [-0.1, -0.05) is 25.1 Å². The highest BCUT2D eigenvalue weighted by Gasteiger charge is 2.26. The number of para-hydroxylation sites is 2. The number of likely N-dealkylation sites (tertiary alicyclic amines) is 1. The molecule has 0 unspecified atom stereocenters. The van der Waals surface area contributed by atoms with Crippen LogP contribution in [0.15, 0.2) is 54.9 Å². The fraction of sp³-hybridized carbons (Fsp3) is 0.429. The quantitative estimate of drug-likeness (QED) is 0.477. The molecule has 0 spiro atoms. The Hall–Kier alpha value is -3.12. The summed E-state index contributed by atoms with van der Waals surface area (Å²) in [5.41, 5.74) is 4.15. The van der Waals surface area contributed by atoms with Gasteiger partial charge in [-0.2, -0.15) is 0 Å². The third-order valence-electron chi connectivity index (χ3n) is 6.72. The van der Waals surface area contributed by atoms with Crippen molar-refractivity contribution in [3.05, 3.63) is 72.1 Å². The first-order valence-corrected chi connectivity index (χ1v) is 12.5. The van der Waals surface area contributed by atoms with Crippen molar-refractivity contribution in [3.8, 4) is 5.69 Å². The predicted molar refractivity (Wildman–Crippen MR) is 139 cm³/mol. The van der Waals surface area contributed by atoms with Gasteiger partial charge in [0.25, 0.3) is 0 Å². The maximum absolute atomic E-state index is 13.1. The maximum Gasteiger partial charge on any atom is 0.228 e. The second-order valence-electron chi connectivity index (χ2n) is 9.21. The first kappa shape index (κ1) is 24.0. The van der Waals surface area contributed by atoms with Crippen molar-refractivity contribution < 1.29 is 4.79 Å². The lowest BCUT2D eigenvalue weighted by molar-refractivity contribution is -0.121. The molecule has 0 aliphatic carbocycles. The molecular formula is C28H37N5O. The Morgan fingerprint density at radius 1 is 1.21 bits per heavy atom. The normalized spacial score (nSPS) is 16.9. The minimum absolute atomic E-state index is 0.0210. The minimum atomic E-state index is 0.0210. The summed E-state index contributed by atoms with van der Waals surface area (Å²) >= 11 is 0. The van der Waals surface area contributed by atoms with Crippen LogP contribution >= 0.6 is 0 Å². The minimum Gasteiger partial charge on any atom is -0.331 e. The van der Waals surface area contributed by atoms with Crippen molar-refractivity contribution in [2.24, 2.45) is 13.0 Å². The Morgan fingerprint density at radius 2 is 2.00 bits per heavy atom. The molecule has 0 saturated carbocycles. The average molecular weight is 460 g/mol. The number of nitrogens with one attached hydrogen (secondary N) is 1. The number of benzene rings is 1. The number of allylic oxidation sites excluding steroid dienone is 1. The third kappa shape index (κ3) is 5.68. The summed E-state index contributed by atoms with van der Waals surface area (Å²) < 4.78 is 4.25. The van der Waals surface area contributed by atoms with Gasteiger partial charge in [-0.05, 0) is 76.0 Å². The molecule has 1 N–H and O–H groups in total. The number of aromatic nitrogens is 3. The van der Waals surface area contributed by atoms with Crippen LogP contribution in [-0.2, 0) is 18.3 Å². The number of amides is 1. The summed E-state index contributed by atoms with van der Waals surface area (Å²) in [5.74, 6) is 1.28. The first-order valence-electron chi connectivity index (χ1n) is 12.5. The van der Waals surface area contributed by atoms with Crippen molar-refractivity contribution in [1.82, 2.24) is 19.0 Å². The number of carbonyl (C=O) groups excluding carboxylic acids is 1. The molecule has 34 heavy (non-hydrogen) atoms. The van der Waals surface area contributed by atoms with Crippen LogP contribution < -0.4 is 5.32 Å². The zero-order chi connectivity index (χ0) is 23.9. The Balaban J connectivity index is 1.31. The summed E-state index contributed by atoms with van der Waals surface area (Å²) in [5, 5.41) is 3.20. The summed E-state index contributed by atoms with van der Waals surface area (Å²) in [7, 11) is 2.11. The number of hydrogen-bond acceptors (Lipinski definition) is 3. The van der Waals surface area contributed by atoms with E-state index >= 15 is 0 Å². The van der Waals surface area contributed by atoms with Crippen molar-refractivity contribution >= 4 is 17.7 Å². The van der Waals surface area contributed by atoms with Gasteiger partial charge >= 0.3 is 0 Å². The lowest BCUT2D eigenvalue weighted by atomic mass is 9.96. The van der Waals surface area contributed by atoms with Gasteiger partial charge in [0, 0.05) is 32.4 Å². The zero-order valence-electron chi connectivity index (χ0n) is 20.7. The molecule has 1 atom stereocenters. The molecule has 1 saturated heterocycles. The van der Waals surface area contributed by atoms with Gasteiger partial charge in [-0.3, -0.25) is 4.79 Å². The highest BCUT2D eigenvalue weighted by molar-refractivity contribution is 5.94. The number of rotatable bonds is 9. The molecule has 6 nitrogen and oxygen atoms in total. The molecule has 6 heteroatoms. The summed E-state index contributed by atoms with van der Waals surface area (Å²) in [6, 6.07) is 12.0. The van der Waals surface area contributed by atoms with E-state index in [4.69, 9.17) is 4.98 Å². The number of piperidine rings is 1. The summed E-state index contributed by atoms with van der Waals surface area (Å²) in [4.78, 5) is 20.4. The predicted octanol–water partition coefficient (Wildman–Crippen LogP) is 5.23. The van der Waals surface area contributed by atoms with Gasteiger partial charge < -0.3 is 19.4 Å². The first-order chi connectivity index (χ1) is 16.6. The smallest absolute Gasteiger partial charge is 0.228 e. The van der Waals surface area contributed by atoms with Crippen LogP contribution in [0.2, 0.25) is 0 Å². The summed E-state index contributed by atoms with van der Waals surface area (Å²) in [6.07, 6.45) is 13.4. The molecule has 2 aromatic heterocycles. The number of imidazole rings is 1. The van der Waals surface area contributed by atoms with Crippen molar-refractivity contribution in [2.75, 3.05) is 25.0 Å². The fourth-order valence-electron chi connectivity index (χ4n) is 4.86. The number of hydrogen-bond donors (Lipinski definition) is 1. The van der Waals surface area contributed by atoms with Gasteiger partial charge in [0.2, 0.25) is 5.91 Å². The molecule has 0 bridgehead atoms. The van der Waals surface area contributed by atoms with Crippen LogP contribution in [0.3, 0.4) is 0 Å². The van der Waals surface area contributed by atoms with Gasteiger partial charge in [0.05, 0.1) is 28.7 Å². The molecule has 1 aliphatic heterocycles. The Morgan fingerprint density at radius 3 is 2.79 bits per heavy atom. The zero-order valence-corrected chi connectivity index (χ0v) is 20.7. The molecule has 4 rings (SSSR count). The van der Waals surface area contributed by atoms with Gasteiger partial charge in [0.15, 0.2) is 0 Å². The monoisotopic (exact) mass is 459 g/mol. The molecule has 0 radical (unpaired) electrons. The lowest BCUT2D eigenvalue weighted by Crippen LogP contribution is -2.41. The van der Waals surface area contributed by atoms with Crippen LogP contribution in [0.4, 0.5) is 5.69 Å². The highest BCUT2D eigenvalue weighted by atomic mass is 16.1.